The first-order chi connectivity index (χ1) is 14.2. The Bertz CT molecular complexity index is 836. The summed E-state index contributed by atoms with van der Waals surface area (Å²) < 4.78 is 0.448. The van der Waals surface area contributed by atoms with Gasteiger partial charge in [0, 0.05) is 46.2 Å². The van der Waals surface area contributed by atoms with Gasteiger partial charge < -0.3 is 5.32 Å². The van der Waals surface area contributed by atoms with E-state index in [4.69, 9.17) is 0 Å². The minimum absolute atomic E-state index is 0.180. The van der Waals surface area contributed by atoms with Crippen molar-refractivity contribution in [3.63, 3.8) is 0 Å². The molecule has 3 fully saturated rings. The van der Waals surface area contributed by atoms with Crippen LogP contribution in [-0.4, -0.2) is 26.5 Å². The van der Waals surface area contributed by atoms with Crippen LogP contribution in [0.3, 0.4) is 0 Å². The highest BCUT2D eigenvalue weighted by molar-refractivity contribution is 8.21. The lowest BCUT2D eigenvalue weighted by Gasteiger charge is -2.42. The normalized spacial score (nSPS) is 27.2. The summed E-state index contributed by atoms with van der Waals surface area (Å²) in [5.41, 5.74) is 2.14. The Morgan fingerprint density at radius 2 is 1.83 bits per heavy atom. The zero-order valence-electron chi connectivity index (χ0n) is 16.4. The molecule has 2 saturated carbocycles. The molecule has 0 radical (unpaired) electrons. The van der Waals surface area contributed by atoms with E-state index >= 15 is 0 Å². The number of aromatic nitrogens is 1. The molecule has 1 N–H and O–H groups in total. The van der Waals surface area contributed by atoms with Crippen LogP contribution >= 0.6 is 35.3 Å². The third kappa shape index (κ3) is 4.08. The third-order valence-corrected chi connectivity index (χ3v) is 11.6. The fourth-order valence-corrected chi connectivity index (χ4v) is 9.91. The molecule has 5 rings (SSSR count). The molecule has 1 amide bonds. The fraction of sp³-hybridized carbons (Fsp3) is 0.478. The van der Waals surface area contributed by atoms with Gasteiger partial charge in [-0.3, -0.25) is 9.78 Å². The van der Waals surface area contributed by atoms with Gasteiger partial charge in [-0.1, -0.05) is 6.07 Å². The van der Waals surface area contributed by atoms with Gasteiger partial charge in [-0.2, -0.15) is 0 Å². The predicted molar refractivity (Wildman–Crippen MR) is 125 cm³/mol. The Kier molecular flexibility index (Phi) is 5.85. The second-order valence-electron chi connectivity index (χ2n) is 8.22. The smallest absolute Gasteiger partial charge is 0.227 e. The molecule has 2 bridgehead atoms. The topological polar surface area (TPSA) is 42.0 Å². The summed E-state index contributed by atoms with van der Waals surface area (Å²) in [6.07, 6.45) is 8.48. The number of pyridine rings is 1. The highest BCUT2D eigenvalue weighted by Gasteiger charge is 2.57. The van der Waals surface area contributed by atoms with Crippen molar-refractivity contribution in [1.82, 2.24) is 4.98 Å². The molecule has 2 heterocycles. The van der Waals surface area contributed by atoms with Crippen LogP contribution in [0.5, 0.6) is 0 Å². The van der Waals surface area contributed by atoms with Crippen LogP contribution in [-0.2, 0) is 10.5 Å². The number of rotatable bonds is 5. The third-order valence-electron chi connectivity index (χ3n) is 6.50. The molecule has 1 spiro atoms. The van der Waals surface area contributed by atoms with Gasteiger partial charge in [0.15, 0.2) is 0 Å². The van der Waals surface area contributed by atoms with E-state index in [1.807, 2.05) is 24.4 Å². The monoisotopic (exact) mass is 442 g/mol. The van der Waals surface area contributed by atoms with Crippen molar-refractivity contribution in [2.45, 2.75) is 40.4 Å². The molecule has 3 aliphatic rings. The van der Waals surface area contributed by atoms with Crippen molar-refractivity contribution in [3.8, 4) is 0 Å². The van der Waals surface area contributed by atoms with Crippen molar-refractivity contribution < 1.29 is 4.79 Å². The quantitative estimate of drug-likeness (QED) is 0.582. The molecule has 1 aliphatic heterocycles. The van der Waals surface area contributed by atoms with Crippen LogP contribution in [0.2, 0.25) is 0 Å². The van der Waals surface area contributed by atoms with Gasteiger partial charge in [-0.05, 0) is 73.4 Å². The summed E-state index contributed by atoms with van der Waals surface area (Å²) >= 11 is 6.17. The largest absolute Gasteiger partial charge is 0.326 e. The minimum atomic E-state index is 0.180. The summed E-state index contributed by atoms with van der Waals surface area (Å²) in [5.74, 6) is 5.34. The Morgan fingerprint density at radius 1 is 1.10 bits per heavy atom. The van der Waals surface area contributed by atoms with Crippen LogP contribution in [0.15, 0.2) is 53.7 Å². The number of hydrogen-bond acceptors (Lipinski definition) is 5. The lowest BCUT2D eigenvalue weighted by Crippen LogP contribution is -2.41. The number of nitrogens with zero attached hydrogens (tertiary/aromatic N) is 1. The SMILES string of the molecule is O=C(Nc1ccc(SCc2cccnc2)cc1)C1C[C@H]2CC[C@@H](C1)C21SCCS1. The summed E-state index contributed by atoms with van der Waals surface area (Å²) in [6.45, 7) is 0. The number of thioether (sulfide) groups is 3. The number of carbonyl (C=O) groups is 1. The van der Waals surface area contributed by atoms with Crippen LogP contribution < -0.4 is 5.32 Å². The van der Waals surface area contributed by atoms with E-state index in [2.05, 4.69) is 52.0 Å². The Labute approximate surface area is 185 Å². The first-order valence-electron chi connectivity index (χ1n) is 10.4. The number of amides is 1. The zero-order valence-corrected chi connectivity index (χ0v) is 18.8. The first-order valence-corrected chi connectivity index (χ1v) is 13.4. The highest BCUT2D eigenvalue weighted by atomic mass is 32.2. The predicted octanol–water partition coefficient (Wildman–Crippen LogP) is 5.92. The number of nitrogens with one attached hydrogen (secondary N) is 1. The van der Waals surface area contributed by atoms with E-state index in [0.717, 1.165) is 36.1 Å². The van der Waals surface area contributed by atoms with E-state index in [1.54, 1.807) is 18.0 Å². The van der Waals surface area contributed by atoms with E-state index in [0.29, 0.717) is 4.08 Å². The Balaban J connectivity index is 1.16. The molecule has 3 nitrogen and oxygen atoms in total. The van der Waals surface area contributed by atoms with Crippen LogP contribution in [0.4, 0.5) is 5.69 Å². The van der Waals surface area contributed by atoms with Gasteiger partial charge in [0.05, 0.1) is 4.08 Å². The maximum Gasteiger partial charge on any atom is 0.227 e. The summed E-state index contributed by atoms with van der Waals surface area (Å²) in [5, 5.41) is 3.19. The molecule has 1 unspecified atom stereocenters. The molecule has 1 aromatic heterocycles. The molecule has 1 saturated heterocycles. The number of hydrogen-bond donors (Lipinski definition) is 1. The second kappa shape index (κ2) is 8.56. The van der Waals surface area contributed by atoms with Crippen LogP contribution in [0.1, 0.15) is 31.2 Å². The average molecular weight is 443 g/mol. The van der Waals surface area contributed by atoms with Gasteiger partial charge in [-0.25, -0.2) is 0 Å². The Hall–Kier alpha value is -1.11. The average Bonchev–Trinajstić information content (AvgIpc) is 3.29. The van der Waals surface area contributed by atoms with Crippen molar-refractivity contribution >= 4 is 46.9 Å². The van der Waals surface area contributed by atoms with Gasteiger partial charge in [-0.15, -0.1) is 35.3 Å². The summed E-state index contributed by atoms with van der Waals surface area (Å²) in [4.78, 5) is 18.3. The number of benzene rings is 1. The maximum atomic E-state index is 12.9. The Morgan fingerprint density at radius 3 is 2.48 bits per heavy atom. The second-order valence-corrected chi connectivity index (χ2v) is 12.3. The van der Waals surface area contributed by atoms with Gasteiger partial charge in [0.2, 0.25) is 5.91 Å². The molecule has 3 atom stereocenters. The van der Waals surface area contributed by atoms with Crippen LogP contribution in [0.25, 0.3) is 0 Å². The number of anilines is 1. The van der Waals surface area contributed by atoms with Crippen molar-refractivity contribution in [3.05, 3.63) is 54.4 Å². The molecule has 152 valence electrons. The zero-order chi connectivity index (χ0) is 19.7. The molecule has 6 heteroatoms. The molecule has 2 aromatic rings. The van der Waals surface area contributed by atoms with Gasteiger partial charge in [0.25, 0.3) is 0 Å². The fourth-order valence-electron chi connectivity index (χ4n) is 5.14. The molecular weight excluding hydrogens is 416 g/mol. The van der Waals surface area contributed by atoms with E-state index in [1.165, 1.54) is 34.8 Å². The molecular formula is C23H26N2OS3. The highest BCUT2D eigenvalue weighted by Crippen LogP contribution is 2.65. The lowest BCUT2D eigenvalue weighted by molar-refractivity contribution is -0.121. The molecule has 1 aromatic carbocycles. The van der Waals surface area contributed by atoms with Crippen LogP contribution in [0, 0.1) is 17.8 Å². The van der Waals surface area contributed by atoms with Gasteiger partial charge in [0.1, 0.15) is 0 Å². The van der Waals surface area contributed by atoms with E-state index in [9.17, 15) is 4.79 Å². The van der Waals surface area contributed by atoms with Crippen molar-refractivity contribution in [1.29, 1.82) is 0 Å². The van der Waals surface area contributed by atoms with E-state index < -0.39 is 0 Å². The first kappa shape index (κ1) is 19.8. The van der Waals surface area contributed by atoms with Gasteiger partial charge >= 0.3 is 0 Å². The summed E-state index contributed by atoms with van der Waals surface area (Å²) in [6, 6.07) is 12.3. The summed E-state index contributed by atoms with van der Waals surface area (Å²) in [7, 11) is 0. The lowest BCUT2D eigenvalue weighted by atomic mass is 9.79. The molecule has 2 aliphatic carbocycles. The van der Waals surface area contributed by atoms with Crippen molar-refractivity contribution in [2.75, 3.05) is 16.8 Å². The van der Waals surface area contributed by atoms with Crippen molar-refractivity contribution in [2.24, 2.45) is 17.8 Å². The molecule has 29 heavy (non-hydrogen) atoms. The van der Waals surface area contributed by atoms with E-state index in [-0.39, 0.29) is 11.8 Å². The standard InChI is InChI=1S/C23H26N2OS3/c26-22(17-12-18-3-4-19(13-17)23(18)28-10-11-29-23)25-20-5-7-21(8-6-20)27-15-16-2-1-9-24-14-16/h1-2,5-9,14,17-19H,3-4,10-13,15H2,(H,25,26)/t17?,18-,19+. The maximum absolute atomic E-state index is 12.9. The number of carbonyl (C=O) groups excluding carboxylic acids is 1. The minimum Gasteiger partial charge on any atom is -0.326 e.